The van der Waals surface area contributed by atoms with Gasteiger partial charge in [0.15, 0.2) is 0 Å². The van der Waals surface area contributed by atoms with Crippen molar-refractivity contribution in [2.45, 2.75) is 6.54 Å². The minimum absolute atomic E-state index is 0.0160. The predicted molar refractivity (Wildman–Crippen MR) is 76.5 cm³/mol. The van der Waals surface area contributed by atoms with Gasteiger partial charge in [0.1, 0.15) is 11.5 Å². The van der Waals surface area contributed by atoms with E-state index in [9.17, 15) is 14.5 Å². The second kappa shape index (κ2) is 6.20. The number of nitro groups is 1. The Morgan fingerprint density at radius 1 is 1.38 bits per heavy atom. The topological polar surface area (TPSA) is 79.0 Å². The van der Waals surface area contributed by atoms with Crippen molar-refractivity contribution in [1.29, 1.82) is 5.26 Å². The Morgan fingerprint density at radius 2 is 2.14 bits per heavy atom. The third-order valence-corrected chi connectivity index (χ3v) is 3.14. The average molecular weight is 306 g/mol. The van der Waals surface area contributed by atoms with Crippen molar-refractivity contribution >= 4 is 23.0 Å². The van der Waals surface area contributed by atoms with Crippen LogP contribution < -0.4 is 5.32 Å². The zero-order valence-electron chi connectivity index (χ0n) is 10.6. The summed E-state index contributed by atoms with van der Waals surface area (Å²) in [5, 5.41) is 22.5. The molecule has 2 rings (SSSR count). The summed E-state index contributed by atoms with van der Waals surface area (Å²) < 4.78 is 13.7. The van der Waals surface area contributed by atoms with E-state index in [2.05, 4.69) is 5.32 Å². The summed E-state index contributed by atoms with van der Waals surface area (Å²) in [4.78, 5) is 10.4. The lowest BCUT2D eigenvalue weighted by molar-refractivity contribution is -0.383. The van der Waals surface area contributed by atoms with Crippen LogP contribution in [0.1, 0.15) is 11.1 Å². The first-order valence-corrected chi connectivity index (χ1v) is 6.26. The van der Waals surface area contributed by atoms with Gasteiger partial charge >= 0.3 is 0 Å². The number of para-hydroxylation sites is 1. The van der Waals surface area contributed by atoms with Crippen LogP contribution in [-0.2, 0) is 6.54 Å². The molecule has 0 saturated heterocycles. The summed E-state index contributed by atoms with van der Waals surface area (Å²) in [5.41, 5.74) is 0.438. The number of nitrogens with one attached hydrogen (secondary N) is 1. The molecule has 0 aliphatic rings. The number of benzene rings is 2. The zero-order valence-corrected chi connectivity index (χ0v) is 11.4. The molecule has 7 heteroatoms. The molecule has 2 aromatic rings. The highest BCUT2D eigenvalue weighted by Crippen LogP contribution is 2.32. The van der Waals surface area contributed by atoms with Crippen molar-refractivity contribution in [3.05, 3.63) is 68.5 Å². The van der Waals surface area contributed by atoms with E-state index in [0.717, 1.165) is 6.07 Å². The van der Waals surface area contributed by atoms with E-state index in [1.54, 1.807) is 0 Å². The first-order valence-electron chi connectivity index (χ1n) is 5.88. The van der Waals surface area contributed by atoms with Crippen molar-refractivity contribution in [1.82, 2.24) is 0 Å². The molecule has 0 spiro atoms. The molecule has 106 valence electrons. The van der Waals surface area contributed by atoms with E-state index in [-0.39, 0.29) is 34.1 Å². The molecule has 0 amide bonds. The normalized spacial score (nSPS) is 9.95. The van der Waals surface area contributed by atoms with Crippen LogP contribution in [0.2, 0.25) is 5.02 Å². The van der Waals surface area contributed by atoms with E-state index in [4.69, 9.17) is 16.9 Å². The number of anilines is 1. The third kappa shape index (κ3) is 3.27. The fourth-order valence-electron chi connectivity index (χ4n) is 1.78. The fraction of sp³-hybridized carbons (Fsp3) is 0.0714. The highest BCUT2D eigenvalue weighted by Gasteiger charge is 2.16. The van der Waals surface area contributed by atoms with Crippen LogP contribution in [0, 0.1) is 27.3 Å². The number of hydrogen-bond donors (Lipinski definition) is 1. The lowest BCUT2D eigenvalue weighted by atomic mass is 10.1. The Kier molecular flexibility index (Phi) is 4.36. The number of nitro benzene ring substituents is 1. The predicted octanol–water partition coefficient (Wildman–Crippen LogP) is 3.87. The van der Waals surface area contributed by atoms with Crippen LogP contribution in [0.4, 0.5) is 15.8 Å². The number of halogens is 2. The number of hydrogen-bond acceptors (Lipinski definition) is 4. The Balaban J connectivity index is 2.25. The van der Waals surface area contributed by atoms with Gasteiger partial charge in [0.25, 0.3) is 5.69 Å². The number of nitriles is 1. The van der Waals surface area contributed by atoms with Gasteiger partial charge in [-0.2, -0.15) is 5.26 Å². The summed E-state index contributed by atoms with van der Waals surface area (Å²) in [6.07, 6.45) is 0. The smallest absolute Gasteiger partial charge is 0.293 e. The monoisotopic (exact) mass is 305 g/mol. The van der Waals surface area contributed by atoms with Gasteiger partial charge in [0.2, 0.25) is 0 Å². The molecule has 0 unspecified atom stereocenters. The maximum absolute atomic E-state index is 13.7. The maximum atomic E-state index is 13.7. The van der Waals surface area contributed by atoms with Crippen LogP contribution in [-0.4, -0.2) is 4.92 Å². The van der Waals surface area contributed by atoms with Gasteiger partial charge in [-0.25, -0.2) is 4.39 Å². The average Bonchev–Trinajstić information content (AvgIpc) is 2.46. The van der Waals surface area contributed by atoms with Crippen LogP contribution in [0.5, 0.6) is 0 Å². The van der Waals surface area contributed by atoms with Gasteiger partial charge in [-0.15, -0.1) is 0 Å². The summed E-state index contributed by atoms with van der Waals surface area (Å²) >= 11 is 5.92. The first kappa shape index (κ1) is 14.8. The Labute approximate surface area is 124 Å². The van der Waals surface area contributed by atoms with Gasteiger partial charge in [0, 0.05) is 18.2 Å². The molecule has 0 saturated carbocycles. The van der Waals surface area contributed by atoms with E-state index in [0.29, 0.717) is 0 Å². The second-order valence-electron chi connectivity index (χ2n) is 4.16. The Morgan fingerprint density at radius 3 is 2.76 bits per heavy atom. The Bertz CT molecular complexity index is 743. The minimum atomic E-state index is -0.566. The number of nitrogens with zero attached hydrogens (tertiary/aromatic N) is 2. The highest BCUT2D eigenvalue weighted by molar-refractivity contribution is 6.33. The van der Waals surface area contributed by atoms with E-state index < -0.39 is 10.7 Å². The largest absolute Gasteiger partial charge is 0.374 e. The third-order valence-electron chi connectivity index (χ3n) is 2.83. The quantitative estimate of drug-likeness (QED) is 0.687. The highest BCUT2D eigenvalue weighted by atomic mass is 35.5. The van der Waals surface area contributed by atoms with Gasteiger partial charge in [0.05, 0.1) is 21.6 Å². The van der Waals surface area contributed by atoms with Gasteiger partial charge in [-0.3, -0.25) is 10.1 Å². The van der Waals surface area contributed by atoms with Crippen LogP contribution in [0.3, 0.4) is 0 Å². The van der Waals surface area contributed by atoms with E-state index in [1.165, 1.54) is 30.3 Å². The van der Waals surface area contributed by atoms with Crippen LogP contribution in [0.25, 0.3) is 0 Å². The summed E-state index contributed by atoms with van der Waals surface area (Å²) in [6, 6.07) is 10.1. The standard InChI is InChI=1S/C14H9ClFN3O2/c15-11-2-1-3-13(19(20)21)14(11)18-8-10-5-4-9(7-17)6-12(10)16/h1-6,18H,8H2. The molecule has 0 aliphatic heterocycles. The molecule has 0 fully saturated rings. The maximum Gasteiger partial charge on any atom is 0.293 e. The minimum Gasteiger partial charge on any atom is -0.374 e. The number of rotatable bonds is 4. The van der Waals surface area contributed by atoms with Gasteiger partial charge in [-0.1, -0.05) is 23.7 Å². The van der Waals surface area contributed by atoms with Crippen molar-refractivity contribution in [2.75, 3.05) is 5.32 Å². The molecule has 0 aliphatic carbocycles. The van der Waals surface area contributed by atoms with E-state index >= 15 is 0 Å². The summed E-state index contributed by atoms with van der Waals surface area (Å²) in [6.45, 7) is 0.0160. The lowest BCUT2D eigenvalue weighted by Gasteiger charge is -2.09. The molecule has 0 heterocycles. The molecule has 5 nitrogen and oxygen atoms in total. The SMILES string of the molecule is N#Cc1ccc(CNc2c(Cl)cccc2[N+](=O)[O-])c(F)c1. The Hall–Kier alpha value is -2.65. The van der Waals surface area contributed by atoms with E-state index in [1.807, 2.05) is 6.07 Å². The lowest BCUT2D eigenvalue weighted by Crippen LogP contribution is -2.05. The molecule has 0 radical (unpaired) electrons. The molecule has 0 aromatic heterocycles. The first-order chi connectivity index (χ1) is 10.0. The zero-order chi connectivity index (χ0) is 15.4. The van der Waals surface area contributed by atoms with Crippen LogP contribution in [0.15, 0.2) is 36.4 Å². The molecular formula is C14H9ClFN3O2. The summed E-state index contributed by atoms with van der Waals surface area (Å²) in [5.74, 6) is -0.559. The molecular weight excluding hydrogens is 297 g/mol. The second-order valence-corrected chi connectivity index (χ2v) is 4.57. The van der Waals surface area contributed by atoms with Crippen LogP contribution >= 0.6 is 11.6 Å². The fourth-order valence-corrected chi connectivity index (χ4v) is 2.02. The molecule has 0 bridgehead atoms. The van der Waals surface area contributed by atoms with Gasteiger partial charge < -0.3 is 5.32 Å². The molecule has 2 aromatic carbocycles. The van der Waals surface area contributed by atoms with Gasteiger partial charge in [-0.05, 0) is 18.2 Å². The van der Waals surface area contributed by atoms with Crippen molar-refractivity contribution in [3.63, 3.8) is 0 Å². The van der Waals surface area contributed by atoms with Crippen molar-refractivity contribution in [3.8, 4) is 6.07 Å². The molecule has 0 atom stereocenters. The summed E-state index contributed by atoms with van der Waals surface area (Å²) in [7, 11) is 0. The molecule has 1 N–H and O–H groups in total. The van der Waals surface area contributed by atoms with Crippen molar-refractivity contribution in [2.24, 2.45) is 0 Å². The van der Waals surface area contributed by atoms with Crippen molar-refractivity contribution < 1.29 is 9.31 Å². The molecule has 21 heavy (non-hydrogen) atoms.